The molecule has 2 unspecified atom stereocenters. The lowest BCUT2D eigenvalue weighted by atomic mass is 10.0. The highest BCUT2D eigenvalue weighted by atomic mass is 16.5. The monoisotopic (exact) mass is 240 g/mol. The van der Waals surface area contributed by atoms with E-state index in [1.54, 1.807) is 0 Å². The fourth-order valence-corrected chi connectivity index (χ4v) is 2.06. The first-order valence-electron chi connectivity index (χ1n) is 7.56. The van der Waals surface area contributed by atoms with Crippen LogP contribution in [0.1, 0.15) is 72.6 Å². The Morgan fingerprint density at radius 2 is 1.71 bits per heavy atom. The van der Waals surface area contributed by atoms with E-state index >= 15 is 0 Å². The van der Waals surface area contributed by atoms with E-state index < -0.39 is 0 Å². The summed E-state index contributed by atoms with van der Waals surface area (Å²) >= 11 is 0. The molecule has 0 saturated heterocycles. The number of rotatable bonds is 11. The third-order valence-electron chi connectivity index (χ3n) is 3.51. The lowest BCUT2D eigenvalue weighted by Gasteiger charge is -2.14. The molecule has 2 atom stereocenters. The topological polar surface area (TPSA) is 9.23 Å². The van der Waals surface area contributed by atoms with Crippen molar-refractivity contribution >= 4 is 0 Å². The van der Waals surface area contributed by atoms with Crippen molar-refractivity contribution in [3.05, 3.63) is 12.3 Å². The highest BCUT2D eigenvalue weighted by Crippen LogP contribution is 2.14. The van der Waals surface area contributed by atoms with Crippen molar-refractivity contribution in [3.8, 4) is 0 Å². The minimum Gasteiger partial charge on any atom is -0.501 e. The van der Waals surface area contributed by atoms with Gasteiger partial charge in [0.05, 0.1) is 12.9 Å². The lowest BCUT2D eigenvalue weighted by Crippen LogP contribution is -2.06. The Bertz CT molecular complexity index is 174. The van der Waals surface area contributed by atoms with Crippen molar-refractivity contribution in [2.24, 2.45) is 11.8 Å². The molecule has 0 aromatic carbocycles. The first kappa shape index (κ1) is 16.5. The summed E-state index contributed by atoms with van der Waals surface area (Å²) < 4.78 is 5.68. The Labute approximate surface area is 109 Å². The molecule has 0 heterocycles. The molecule has 0 aliphatic rings. The van der Waals surface area contributed by atoms with Gasteiger partial charge in [-0.1, -0.05) is 53.4 Å². The molecular formula is C16H32O. The smallest absolute Gasteiger partial charge is 0.0901 e. The number of ether oxygens (including phenoxy) is 1. The van der Waals surface area contributed by atoms with Gasteiger partial charge in [0.2, 0.25) is 0 Å². The Hall–Kier alpha value is -0.460. The van der Waals surface area contributed by atoms with Crippen LogP contribution in [-0.2, 0) is 4.74 Å². The summed E-state index contributed by atoms with van der Waals surface area (Å²) in [6.07, 6.45) is 13.1. The highest BCUT2D eigenvalue weighted by molar-refractivity contribution is 4.82. The fourth-order valence-electron chi connectivity index (χ4n) is 2.06. The maximum atomic E-state index is 5.68. The Kier molecular flexibility index (Phi) is 11.7. The molecule has 0 amide bonds. The molecule has 102 valence electrons. The van der Waals surface area contributed by atoms with Gasteiger partial charge in [0.25, 0.3) is 0 Å². The van der Waals surface area contributed by atoms with Crippen molar-refractivity contribution in [2.45, 2.75) is 72.6 Å². The van der Waals surface area contributed by atoms with Crippen LogP contribution >= 0.6 is 0 Å². The van der Waals surface area contributed by atoms with Gasteiger partial charge in [-0.05, 0) is 37.2 Å². The third kappa shape index (κ3) is 9.26. The van der Waals surface area contributed by atoms with E-state index in [1.165, 1.54) is 44.9 Å². The average molecular weight is 240 g/mol. The first-order valence-corrected chi connectivity index (χ1v) is 7.56. The molecular weight excluding hydrogens is 208 g/mol. The van der Waals surface area contributed by atoms with Crippen LogP contribution in [0.5, 0.6) is 0 Å². The van der Waals surface area contributed by atoms with Crippen LogP contribution in [-0.4, -0.2) is 6.61 Å². The number of allylic oxidation sites excluding steroid dienone is 1. The van der Waals surface area contributed by atoms with E-state index in [2.05, 4.69) is 33.8 Å². The van der Waals surface area contributed by atoms with Crippen molar-refractivity contribution in [1.82, 2.24) is 0 Å². The van der Waals surface area contributed by atoms with Crippen LogP contribution < -0.4 is 0 Å². The van der Waals surface area contributed by atoms with Gasteiger partial charge in [-0.15, -0.1) is 0 Å². The Balaban J connectivity index is 3.73. The molecule has 0 aliphatic heterocycles. The molecule has 0 aromatic rings. The Morgan fingerprint density at radius 3 is 2.24 bits per heavy atom. The summed E-state index contributed by atoms with van der Waals surface area (Å²) in [5, 5.41) is 0. The van der Waals surface area contributed by atoms with Crippen LogP contribution in [0.3, 0.4) is 0 Å². The van der Waals surface area contributed by atoms with Crippen LogP contribution in [0.15, 0.2) is 12.3 Å². The van der Waals surface area contributed by atoms with Crippen molar-refractivity contribution in [3.63, 3.8) is 0 Å². The third-order valence-corrected chi connectivity index (χ3v) is 3.51. The largest absolute Gasteiger partial charge is 0.501 e. The van der Waals surface area contributed by atoms with E-state index in [4.69, 9.17) is 4.74 Å². The minimum atomic E-state index is 0.704. The van der Waals surface area contributed by atoms with E-state index in [0.29, 0.717) is 5.92 Å². The molecule has 0 rings (SSSR count). The molecule has 0 saturated carbocycles. The lowest BCUT2D eigenvalue weighted by molar-refractivity contribution is 0.181. The van der Waals surface area contributed by atoms with Crippen molar-refractivity contribution < 1.29 is 4.74 Å². The summed E-state index contributed by atoms with van der Waals surface area (Å²) in [6, 6.07) is 0. The minimum absolute atomic E-state index is 0.704. The summed E-state index contributed by atoms with van der Waals surface area (Å²) in [5.74, 6) is 1.45. The molecule has 0 bridgehead atoms. The van der Waals surface area contributed by atoms with E-state index in [9.17, 15) is 0 Å². The van der Waals surface area contributed by atoms with Gasteiger partial charge in [0.15, 0.2) is 0 Å². The van der Waals surface area contributed by atoms with Crippen LogP contribution in [0.25, 0.3) is 0 Å². The predicted molar refractivity (Wildman–Crippen MR) is 77.1 cm³/mol. The van der Waals surface area contributed by atoms with Gasteiger partial charge in [-0.25, -0.2) is 0 Å². The normalized spacial score (nSPS) is 15.1. The summed E-state index contributed by atoms with van der Waals surface area (Å²) in [6.45, 7) is 9.91. The van der Waals surface area contributed by atoms with Gasteiger partial charge >= 0.3 is 0 Å². The van der Waals surface area contributed by atoms with Crippen LogP contribution in [0, 0.1) is 11.8 Å². The zero-order valence-electron chi connectivity index (χ0n) is 12.4. The molecule has 0 aromatic heterocycles. The van der Waals surface area contributed by atoms with Gasteiger partial charge in [-0.2, -0.15) is 0 Å². The predicted octanol–water partition coefficient (Wildman–Crippen LogP) is 5.56. The second-order valence-corrected chi connectivity index (χ2v) is 5.04. The standard InChI is InChI=1S/C16H32O/c1-5-9-11-16(8-4)14-17-13-12-15(7-3)10-6-2/h12-13,15-16H,5-11,14H2,1-4H3/b13-12+. The second-order valence-electron chi connectivity index (χ2n) is 5.04. The SMILES string of the molecule is CCCCC(CC)CO/C=C/C(CC)CCC. The fraction of sp³-hybridized carbons (Fsp3) is 0.875. The zero-order valence-corrected chi connectivity index (χ0v) is 12.4. The summed E-state index contributed by atoms with van der Waals surface area (Å²) in [4.78, 5) is 0. The number of unbranched alkanes of at least 4 members (excludes halogenated alkanes) is 1. The molecule has 0 N–H and O–H groups in total. The maximum absolute atomic E-state index is 5.68. The number of hydrogen-bond donors (Lipinski definition) is 0. The van der Waals surface area contributed by atoms with Crippen LogP contribution in [0.4, 0.5) is 0 Å². The summed E-state index contributed by atoms with van der Waals surface area (Å²) in [7, 11) is 0. The highest BCUT2D eigenvalue weighted by Gasteiger charge is 2.05. The van der Waals surface area contributed by atoms with E-state index in [0.717, 1.165) is 12.5 Å². The second kappa shape index (κ2) is 12.0. The van der Waals surface area contributed by atoms with Gasteiger partial charge in [0, 0.05) is 0 Å². The molecule has 0 aliphatic carbocycles. The van der Waals surface area contributed by atoms with Gasteiger partial charge in [0.1, 0.15) is 0 Å². The maximum Gasteiger partial charge on any atom is 0.0901 e. The summed E-state index contributed by atoms with van der Waals surface area (Å²) in [5.41, 5.74) is 0. The molecule has 0 spiro atoms. The average Bonchev–Trinajstić information content (AvgIpc) is 2.36. The zero-order chi connectivity index (χ0) is 12.9. The van der Waals surface area contributed by atoms with Gasteiger partial charge in [-0.3, -0.25) is 0 Å². The number of hydrogen-bond acceptors (Lipinski definition) is 1. The van der Waals surface area contributed by atoms with Crippen molar-refractivity contribution in [1.29, 1.82) is 0 Å². The van der Waals surface area contributed by atoms with Crippen molar-refractivity contribution in [2.75, 3.05) is 6.61 Å². The molecule has 1 heteroatoms. The molecule has 17 heavy (non-hydrogen) atoms. The first-order chi connectivity index (χ1) is 8.28. The molecule has 0 radical (unpaired) electrons. The van der Waals surface area contributed by atoms with E-state index in [-0.39, 0.29) is 0 Å². The Morgan fingerprint density at radius 1 is 0.941 bits per heavy atom. The van der Waals surface area contributed by atoms with Crippen LogP contribution in [0.2, 0.25) is 0 Å². The quantitative estimate of drug-likeness (QED) is 0.430. The van der Waals surface area contributed by atoms with Gasteiger partial charge < -0.3 is 4.74 Å². The van der Waals surface area contributed by atoms with E-state index in [1.807, 2.05) is 6.26 Å². The molecule has 1 nitrogen and oxygen atoms in total. The molecule has 0 fully saturated rings.